The first-order chi connectivity index (χ1) is 7.22. The minimum absolute atomic E-state index is 0.0485. The predicted octanol–water partition coefficient (Wildman–Crippen LogP) is 1.07. The Morgan fingerprint density at radius 2 is 2.47 bits per heavy atom. The second-order valence-corrected chi connectivity index (χ2v) is 3.63. The van der Waals surface area contributed by atoms with Crippen molar-refractivity contribution < 1.29 is 9.21 Å². The quantitative estimate of drug-likeness (QED) is 0.737. The van der Waals surface area contributed by atoms with Gasteiger partial charge >= 0.3 is 0 Å². The molecule has 0 aromatic carbocycles. The number of furan rings is 1. The van der Waals surface area contributed by atoms with Crippen molar-refractivity contribution in [3.8, 4) is 0 Å². The lowest BCUT2D eigenvalue weighted by atomic mass is 10.2. The van der Waals surface area contributed by atoms with Gasteiger partial charge in [-0.2, -0.15) is 0 Å². The van der Waals surface area contributed by atoms with E-state index in [2.05, 4.69) is 5.32 Å². The second kappa shape index (κ2) is 6.24. The van der Waals surface area contributed by atoms with Crippen LogP contribution in [0.2, 0.25) is 0 Å². The Morgan fingerprint density at radius 3 is 3.07 bits per heavy atom. The predicted molar refractivity (Wildman–Crippen MR) is 58.3 cm³/mol. The van der Waals surface area contributed by atoms with Crippen LogP contribution in [-0.2, 0) is 11.2 Å². The average molecular weight is 210 g/mol. The summed E-state index contributed by atoms with van der Waals surface area (Å²) in [6, 6.07) is 3.85. The molecule has 0 radical (unpaired) electrons. The van der Waals surface area contributed by atoms with Crippen molar-refractivity contribution >= 4 is 5.91 Å². The van der Waals surface area contributed by atoms with E-state index >= 15 is 0 Å². The molecule has 1 heterocycles. The summed E-state index contributed by atoms with van der Waals surface area (Å²) in [5.74, 6) is 0.893. The van der Waals surface area contributed by atoms with E-state index in [9.17, 15) is 4.79 Å². The van der Waals surface area contributed by atoms with Crippen LogP contribution in [0, 0.1) is 0 Å². The third-order valence-corrected chi connectivity index (χ3v) is 2.19. The maximum atomic E-state index is 11.4. The Morgan fingerprint density at radius 1 is 1.67 bits per heavy atom. The van der Waals surface area contributed by atoms with Gasteiger partial charge in [0.1, 0.15) is 5.76 Å². The average Bonchev–Trinajstić information content (AvgIpc) is 2.67. The Bertz CT molecular complexity index is 283. The molecule has 0 spiro atoms. The summed E-state index contributed by atoms with van der Waals surface area (Å²) in [5.41, 5.74) is 5.39. The van der Waals surface area contributed by atoms with E-state index in [1.54, 1.807) is 6.26 Å². The van der Waals surface area contributed by atoms with Gasteiger partial charge < -0.3 is 15.5 Å². The van der Waals surface area contributed by atoms with Gasteiger partial charge in [0.25, 0.3) is 0 Å². The highest BCUT2D eigenvalue weighted by Crippen LogP contribution is 2.03. The van der Waals surface area contributed by atoms with Gasteiger partial charge in [-0.25, -0.2) is 0 Å². The van der Waals surface area contributed by atoms with Crippen LogP contribution in [0.15, 0.2) is 22.8 Å². The lowest BCUT2D eigenvalue weighted by Crippen LogP contribution is -2.34. The van der Waals surface area contributed by atoms with Crippen molar-refractivity contribution in [3.05, 3.63) is 24.2 Å². The van der Waals surface area contributed by atoms with E-state index in [1.807, 2.05) is 19.1 Å². The van der Waals surface area contributed by atoms with Crippen LogP contribution < -0.4 is 11.1 Å². The topological polar surface area (TPSA) is 68.3 Å². The first kappa shape index (κ1) is 11.8. The van der Waals surface area contributed by atoms with Gasteiger partial charge in [0.2, 0.25) is 5.91 Å². The molecule has 0 fully saturated rings. The molecule has 84 valence electrons. The Kier molecular flexibility index (Phi) is 4.90. The molecule has 1 unspecified atom stereocenters. The molecule has 1 atom stereocenters. The van der Waals surface area contributed by atoms with Crippen LogP contribution in [0.1, 0.15) is 25.5 Å². The zero-order chi connectivity index (χ0) is 11.1. The van der Waals surface area contributed by atoms with Gasteiger partial charge in [-0.1, -0.05) is 0 Å². The molecule has 3 N–H and O–H groups in total. The molecule has 0 aliphatic carbocycles. The molecule has 1 aromatic heterocycles. The summed E-state index contributed by atoms with van der Waals surface area (Å²) in [6.45, 7) is 2.55. The van der Waals surface area contributed by atoms with E-state index < -0.39 is 0 Å². The smallest absolute Gasteiger partial charge is 0.220 e. The lowest BCUT2D eigenvalue weighted by Gasteiger charge is -2.11. The minimum Gasteiger partial charge on any atom is -0.469 e. The number of nitrogens with two attached hydrogens (primary N) is 1. The first-order valence-corrected chi connectivity index (χ1v) is 5.24. The highest BCUT2D eigenvalue weighted by atomic mass is 16.3. The second-order valence-electron chi connectivity index (χ2n) is 3.63. The summed E-state index contributed by atoms with van der Waals surface area (Å²) in [7, 11) is 0. The van der Waals surface area contributed by atoms with Crippen LogP contribution in [0.3, 0.4) is 0 Å². The molecule has 4 nitrogen and oxygen atoms in total. The van der Waals surface area contributed by atoms with Crippen LogP contribution in [0.25, 0.3) is 0 Å². The zero-order valence-electron chi connectivity index (χ0n) is 9.03. The van der Waals surface area contributed by atoms with E-state index in [-0.39, 0.29) is 11.9 Å². The maximum absolute atomic E-state index is 11.4. The van der Waals surface area contributed by atoms with E-state index in [0.29, 0.717) is 19.4 Å². The molecule has 0 saturated heterocycles. The SMILES string of the molecule is CC(CCN)NC(=O)CCc1ccco1. The number of hydrogen-bond donors (Lipinski definition) is 2. The van der Waals surface area contributed by atoms with Gasteiger partial charge in [0.05, 0.1) is 6.26 Å². The van der Waals surface area contributed by atoms with Gasteiger partial charge in [-0.05, 0) is 32.0 Å². The minimum atomic E-state index is 0.0485. The number of carbonyl (C=O) groups excluding carboxylic acids is 1. The lowest BCUT2D eigenvalue weighted by molar-refractivity contribution is -0.121. The van der Waals surface area contributed by atoms with Crippen LogP contribution in [0.4, 0.5) is 0 Å². The first-order valence-electron chi connectivity index (χ1n) is 5.24. The Labute approximate surface area is 89.8 Å². The van der Waals surface area contributed by atoms with Crippen molar-refractivity contribution in [2.24, 2.45) is 5.73 Å². The number of amides is 1. The van der Waals surface area contributed by atoms with Crippen molar-refractivity contribution in [2.75, 3.05) is 6.54 Å². The number of carbonyl (C=O) groups is 1. The van der Waals surface area contributed by atoms with E-state index in [0.717, 1.165) is 12.2 Å². The van der Waals surface area contributed by atoms with Crippen LogP contribution in [0.5, 0.6) is 0 Å². The molecular formula is C11H18N2O2. The monoisotopic (exact) mass is 210 g/mol. The molecule has 0 aliphatic rings. The third kappa shape index (κ3) is 4.65. The molecule has 1 amide bonds. The highest BCUT2D eigenvalue weighted by molar-refractivity contribution is 5.76. The van der Waals surface area contributed by atoms with Gasteiger partial charge in [-0.15, -0.1) is 0 Å². The van der Waals surface area contributed by atoms with Gasteiger partial charge in [0, 0.05) is 18.9 Å². The molecular weight excluding hydrogens is 192 g/mol. The molecule has 0 bridgehead atoms. The fraction of sp³-hybridized carbons (Fsp3) is 0.545. The Balaban J connectivity index is 2.19. The fourth-order valence-electron chi connectivity index (χ4n) is 1.36. The number of aryl methyl sites for hydroxylation is 1. The summed E-state index contributed by atoms with van der Waals surface area (Å²) >= 11 is 0. The summed E-state index contributed by atoms with van der Waals surface area (Å²) in [6.07, 6.45) is 3.54. The largest absolute Gasteiger partial charge is 0.469 e. The molecule has 15 heavy (non-hydrogen) atoms. The van der Waals surface area contributed by atoms with Crippen molar-refractivity contribution in [2.45, 2.75) is 32.2 Å². The third-order valence-electron chi connectivity index (χ3n) is 2.19. The van der Waals surface area contributed by atoms with E-state index in [4.69, 9.17) is 10.2 Å². The molecule has 0 aliphatic heterocycles. The standard InChI is InChI=1S/C11H18N2O2/c1-9(6-7-12)13-11(14)5-4-10-3-2-8-15-10/h2-3,8-9H,4-7,12H2,1H3,(H,13,14). The summed E-state index contributed by atoms with van der Waals surface area (Å²) in [5, 5.41) is 2.88. The van der Waals surface area contributed by atoms with Crippen molar-refractivity contribution in [1.82, 2.24) is 5.32 Å². The summed E-state index contributed by atoms with van der Waals surface area (Å²) < 4.78 is 5.14. The van der Waals surface area contributed by atoms with Crippen molar-refractivity contribution in [3.63, 3.8) is 0 Å². The Hall–Kier alpha value is -1.29. The number of rotatable bonds is 6. The zero-order valence-corrected chi connectivity index (χ0v) is 9.03. The normalized spacial score (nSPS) is 12.4. The maximum Gasteiger partial charge on any atom is 0.220 e. The fourth-order valence-corrected chi connectivity index (χ4v) is 1.36. The van der Waals surface area contributed by atoms with Crippen LogP contribution in [-0.4, -0.2) is 18.5 Å². The number of hydrogen-bond acceptors (Lipinski definition) is 3. The highest BCUT2D eigenvalue weighted by Gasteiger charge is 2.07. The van der Waals surface area contributed by atoms with Crippen LogP contribution >= 0.6 is 0 Å². The van der Waals surface area contributed by atoms with Gasteiger partial charge in [-0.3, -0.25) is 4.79 Å². The molecule has 4 heteroatoms. The van der Waals surface area contributed by atoms with Gasteiger partial charge in [0.15, 0.2) is 0 Å². The van der Waals surface area contributed by atoms with Crippen molar-refractivity contribution in [1.29, 1.82) is 0 Å². The molecule has 1 rings (SSSR count). The number of nitrogens with one attached hydrogen (secondary N) is 1. The molecule has 0 saturated carbocycles. The van der Waals surface area contributed by atoms with E-state index in [1.165, 1.54) is 0 Å². The summed E-state index contributed by atoms with van der Waals surface area (Å²) in [4.78, 5) is 11.4. The molecule has 1 aromatic rings.